The van der Waals surface area contributed by atoms with Crippen LogP contribution in [0.4, 0.5) is 0 Å². The first-order valence-electron chi connectivity index (χ1n) is 4.75. The first kappa shape index (κ1) is 10.9. The monoisotopic (exact) mass is 234 g/mol. The van der Waals surface area contributed by atoms with Gasteiger partial charge < -0.3 is 25.5 Å². The minimum atomic E-state index is -0.354. The van der Waals surface area contributed by atoms with Gasteiger partial charge in [0.2, 0.25) is 0 Å². The highest BCUT2D eigenvalue weighted by molar-refractivity contribution is 5.79. The first-order chi connectivity index (χ1) is 7.97. The first-order valence-corrected chi connectivity index (χ1v) is 4.75. The number of hydrogen-bond donors (Lipinski definition) is 5. The predicted molar refractivity (Wildman–Crippen MR) is 60.2 cm³/mol. The molecule has 0 aliphatic carbocycles. The van der Waals surface area contributed by atoms with Gasteiger partial charge in [-0.1, -0.05) is 0 Å². The van der Waals surface area contributed by atoms with Crippen LogP contribution in [0.2, 0.25) is 0 Å². The van der Waals surface area contributed by atoms with Crippen LogP contribution in [0, 0.1) is 0 Å². The molecular formula is C12H10O5. The molecule has 0 amide bonds. The Hall–Kier alpha value is -2.56. The third-order valence-corrected chi connectivity index (χ3v) is 2.27. The summed E-state index contributed by atoms with van der Waals surface area (Å²) in [7, 11) is 0. The van der Waals surface area contributed by atoms with Gasteiger partial charge in [-0.25, -0.2) is 0 Å². The maximum absolute atomic E-state index is 9.62. The van der Waals surface area contributed by atoms with Gasteiger partial charge in [0.15, 0.2) is 0 Å². The number of phenolic OH excluding ortho intramolecular Hbond substituents is 5. The number of hydrogen-bond acceptors (Lipinski definition) is 5. The fraction of sp³-hybridized carbons (Fsp3) is 0. The van der Waals surface area contributed by atoms with Crippen LogP contribution in [0.15, 0.2) is 30.3 Å². The Morgan fingerprint density at radius 2 is 0.941 bits per heavy atom. The third kappa shape index (κ3) is 2.03. The van der Waals surface area contributed by atoms with Crippen LogP contribution in [0.3, 0.4) is 0 Å². The molecule has 5 nitrogen and oxygen atoms in total. The maximum Gasteiger partial charge on any atom is 0.130 e. The average molecular weight is 234 g/mol. The molecule has 0 saturated carbocycles. The summed E-state index contributed by atoms with van der Waals surface area (Å²) in [6, 6.07) is 5.77. The molecule has 88 valence electrons. The molecule has 0 aromatic heterocycles. The summed E-state index contributed by atoms with van der Waals surface area (Å²) < 4.78 is 0. The molecule has 17 heavy (non-hydrogen) atoms. The largest absolute Gasteiger partial charge is 0.508 e. The summed E-state index contributed by atoms with van der Waals surface area (Å²) in [6.07, 6.45) is 0. The van der Waals surface area contributed by atoms with Crippen molar-refractivity contribution in [3.63, 3.8) is 0 Å². The van der Waals surface area contributed by atoms with Crippen molar-refractivity contribution < 1.29 is 25.5 Å². The van der Waals surface area contributed by atoms with Gasteiger partial charge in [0.1, 0.15) is 28.7 Å². The quantitative estimate of drug-likeness (QED) is 0.518. The van der Waals surface area contributed by atoms with E-state index in [2.05, 4.69) is 0 Å². The standard InChI is InChI=1S/C12H10O5/c13-7-1-6(2-8(14)3-7)12-10(16)4-9(15)5-11(12)17/h1-5,13-17H. The highest BCUT2D eigenvalue weighted by Crippen LogP contribution is 2.42. The second kappa shape index (κ2) is 3.79. The van der Waals surface area contributed by atoms with Crippen LogP contribution in [0.1, 0.15) is 0 Å². The van der Waals surface area contributed by atoms with Crippen molar-refractivity contribution in [3.05, 3.63) is 30.3 Å². The van der Waals surface area contributed by atoms with E-state index in [1.807, 2.05) is 0 Å². The minimum absolute atomic E-state index is 0.0222. The molecule has 0 fully saturated rings. The van der Waals surface area contributed by atoms with Crippen molar-refractivity contribution in [1.82, 2.24) is 0 Å². The van der Waals surface area contributed by atoms with Gasteiger partial charge in [-0.05, 0) is 17.7 Å². The van der Waals surface area contributed by atoms with E-state index in [1.165, 1.54) is 12.1 Å². The van der Waals surface area contributed by atoms with Gasteiger partial charge >= 0.3 is 0 Å². The average Bonchev–Trinajstić information content (AvgIpc) is 2.13. The smallest absolute Gasteiger partial charge is 0.130 e. The molecule has 0 unspecified atom stereocenters. The van der Waals surface area contributed by atoms with Crippen LogP contribution in [-0.2, 0) is 0 Å². The van der Waals surface area contributed by atoms with E-state index in [0.717, 1.165) is 18.2 Å². The van der Waals surface area contributed by atoms with E-state index < -0.39 is 0 Å². The Labute approximate surface area is 96.5 Å². The van der Waals surface area contributed by atoms with Crippen LogP contribution < -0.4 is 0 Å². The molecule has 2 aromatic rings. The Morgan fingerprint density at radius 1 is 0.529 bits per heavy atom. The Bertz CT molecular complexity index is 534. The number of aromatic hydroxyl groups is 5. The summed E-state index contributed by atoms with van der Waals surface area (Å²) in [4.78, 5) is 0. The van der Waals surface area contributed by atoms with Crippen molar-refractivity contribution in [2.75, 3.05) is 0 Å². The Kier molecular flexibility index (Phi) is 2.44. The number of rotatable bonds is 1. The molecule has 0 spiro atoms. The van der Waals surface area contributed by atoms with E-state index in [-0.39, 0.29) is 39.9 Å². The summed E-state index contributed by atoms with van der Waals surface area (Å²) in [5, 5.41) is 47.0. The summed E-state index contributed by atoms with van der Waals surface area (Å²) >= 11 is 0. The van der Waals surface area contributed by atoms with E-state index in [1.54, 1.807) is 0 Å². The fourth-order valence-corrected chi connectivity index (χ4v) is 1.63. The van der Waals surface area contributed by atoms with Crippen molar-refractivity contribution in [2.24, 2.45) is 0 Å². The lowest BCUT2D eigenvalue weighted by atomic mass is 10.0. The zero-order valence-corrected chi connectivity index (χ0v) is 8.62. The lowest BCUT2D eigenvalue weighted by Crippen LogP contribution is -1.81. The van der Waals surface area contributed by atoms with Gasteiger partial charge in [-0.3, -0.25) is 0 Å². The third-order valence-electron chi connectivity index (χ3n) is 2.27. The Balaban J connectivity index is 2.68. The van der Waals surface area contributed by atoms with E-state index in [0.29, 0.717) is 0 Å². The van der Waals surface area contributed by atoms with Crippen LogP contribution in [0.5, 0.6) is 28.7 Å². The summed E-state index contributed by atoms with van der Waals surface area (Å²) in [5.41, 5.74) is 0.256. The SMILES string of the molecule is Oc1cc(O)cc(-c2c(O)cc(O)cc2O)c1. The Morgan fingerprint density at radius 3 is 1.41 bits per heavy atom. The van der Waals surface area contributed by atoms with E-state index >= 15 is 0 Å². The highest BCUT2D eigenvalue weighted by atomic mass is 16.3. The molecule has 0 saturated heterocycles. The number of benzene rings is 2. The molecule has 0 aliphatic rings. The summed E-state index contributed by atoms with van der Waals surface area (Å²) in [6.45, 7) is 0. The molecule has 2 aromatic carbocycles. The van der Waals surface area contributed by atoms with Crippen LogP contribution in [0.25, 0.3) is 11.1 Å². The van der Waals surface area contributed by atoms with E-state index in [4.69, 9.17) is 5.11 Å². The predicted octanol–water partition coefficient (Wildman–Crippen LogP) is 1.88. The topological polar surface area (TPSA) is 101 Å². The molecule has 0 radical (unpaired) electrons. The van der Waals surface area contributed by atoms with Gasteiger partial charge in [0, 0.05) is 18.2 Å². The molecule has 5 heteroatoms. The highest BCUT2D eigenvalue weighted by Gasteiger charge is 2.13. The second-order valence-corrected chi connectivity index (χ2v) is 3.60. The van der Waals surface area contributed by atoms with Crippen molar-refractivity contribution >= 4 is 0 Å². The number of phenols is 5. The lowest BCUT2D eigenvalue weighted by Gasteiger charge is -2.09. The molecule has 0 bridgehead atoms. The zero-order valence-electron chi connectivity index (χ0n) is 8.62. The molecule has 2 rings (SSSR count). The van der Waals surface area contributed by atoms with Crippen molar-refractivity contribution in [1.29, 1.82) is 0 Å². The molecule has 5 N–H and O–H groups in total. The summed E-state index contributed by atoms with van der Waals surface area (Å²) in [5.74, 6) is -1.40. The van der Waals surface area contributed by atoms with Crippen molar-refractivity contribution in [3.8, 4) is 39.9 Å². The second-order valence-electron chi connectivity index (χ2n) is 3.60. The normalized spacial score (nSPS) is 10.4. The maximum atomic E-state index is 9.62. The molecular weight excluding hydrogens is 224 g/mol. The van der Waals surface area contributed by atoms with Gasteiger partial charge in [-0.15, -0.1) is 0 Å². The van der Waals surface area contributed by atoms with Gasteiger partial charge in [0.25, 0.3) is 0 Å². The fourth-order valence-electron chi connectivity index (χ4n) is 1.63. The molecule has 0 heterocycles. The van der Waals surface area contributed by atoms with E-state index in [9.17, 15) is 20.4 Å². The van der Waals surface area contributed by atoms with Crippen molar-refractivity contribution in [2.45, 2.75) is 0 Å². The zero-order chi connectivity index (χ0) is 12.6. The van der Waals surface area contributed by atoms with Gasteiger partial charge in [0.05, 0.1) is 5.56 Å². The molecule has 0 aliphatic heterocycles. The van der Waals surface area contributed by atoms with Crippen LogP contribution in [-0.4, -0.2) is 25.5 Å². The lowest BCUT2D eigenvalue weighted by molar-refractivity contribution is 0.430. The van der Waals surface area contributed by atoms with Crippen LogP contribution >= 0.6 is 0 Å². The minimum Gasteiger partial charge on any atom is -0.508 e. The van der Waals surface area contributed by atoms with Gasteiger partial charge in [-0.2, -0.15) is 0 Å². The molecule has 0 atom stereocenters.